The summed E-state index contributed by atoms with van der Waals surface area (Å²) in [5.74, 6) is 0.550. The normalized spacial score (nSPS) is 9.88. The van der Waals surface area contributed by atoms with Gasteiger partial charge < -0.3 is 14.8 Å². The molecule has 2 rings (SSSR count). The summed E-state index contributed by atoms with van der Waals surface area (Å²) in [6.07, 6.45) is 3.02. The number of aryl methyl sites for hydroxylation is 1. The molecule has 1 heterocycles. The number of rotatable bonds is 7. The third kappa shape index (κ3) is 7.23. The van der Waals surface area contributed by atoms with Crippen LogP contribution in [0.1, 0.15) is 42.7 Å². The monoisotopic (exact) mass is 358 g/mol. The molecule has 0 spiro atoms. The topological polar surface area (TPSA) is 60.5 Å². The zero-order valence-corrected chi connectivity index (χ0v) is 16.5. The highest BCUT2D eigenvalue weighted by molar-refractivity contribution is 5.71. The van der Waals surface area contributed by atoms with Crippen LogP contribution >= 0.6 is 0 Å². The molecule has 0 amide bonds. The van der Waals surface area contributed by atoms with Gasteiger partial charge in [0.25, 0.3) is 0 Å². The zero-order chi connectivity index (χ0) is 19.4. The van der Waals surface area contributed by atoms with Crippen molar-refractivity contribution in [2.45, 2.75) is 47.3 Å². The Bertz CT molecular complexity index is 672. The summed E-state index contributed by atoms with van der Waals surface area (Å²) in [6.45, 7) is 9.09. The van der Waals surface area contributed by atoms with E-state index in [1.807, 2.05) is 44.2 Å². The van der Waals surface area contributed by atoms with Gasteiger partial charge in [-0.3, -0.25) is 9.78 Å². The summed E-state index contributed by atoms with van der Waals surface area (Å²) in [7, 11) is 1.65. The van der Waals surface area contributed by atoms with Crippen LogP contribution in [0.25, 0.3) is 0 Å². The van der Waals surface area contributed by atoms with Gasteiger partial charge in [-0.2, -0.15) is 0 Å². The first-order valence-corrected chi connectivity index (χ1v) is 8.92. The Morgan fingerprint density at radius 1 is 1.15 bits per heavy atom. The van der Waals surface area contributed by atoms with E-state index < -0.39 is 0 Å². The van der Waals surface area contributed by atoms with Crippen molar-refractivity contribution in [3.05, 3.63) is 58.9 Å². The number of ether oxygens (including phenoxy) is 2. The zero-order valence-electron chi connectivity index (χ0n) is 16.5. The number of nitrogens with zero attached hydrogens (tertiary/aromatic N) is 1. The van der Waals surface area contributed by atoms with Crippen molar-refractivity contribution in [1.29, 1.82) is 0 Å². The number of methoxy groups -OCH3 is 1. The molecule has 0 saturated carbocycles. The number of nitrogens with one attached hydrogen (secondary N) is 1. The SMILES string of the molecule is CCC.COc1c(C)cnc(CNCC(=O)OCc2ccccc2)c1C. The van der Waals surface area contributed by atoms with E-state index in [0.717, 1.165) is 28.1 Å². The van der Waals surface area contributed by atoms with E-state index in [1.54, 1.807) is 13.3 Å². The van der Waals surface area contributed by atoms with Crippen molar-refractivity contribution in [2.75, 3.05) is 13.7 Å². The van der Waals surface area contributed by atoms with E-state index in [1.165, 1.54) is 6.42 Å². The predicted molar refractivity (Wildman–Crippen MR) is 104 cm³/mol. The summed E-state index contributed by atoms with van der Waals surface area (Å²) in [5.41, 5.74) is 3.82. The van der Waals surface area contributed by atoms with Gasteiger partial charge in [-0.15, -0.1) is 0 Å². The van der Waals surface area contributed by atoms with Gasteiger partial charge in [-0.05, 0) is 19.4 Å². The molecule has 0 saturated heterocycles. The number of hydrogen-bond acceptors (Lipinski definition) is 5. The Balaban J connectivity index is 0.00000105. The summed E-state index contributed by atoms with van der Waals surface area (Å²) < 4.78 is 10.6. The molecule has 5 heteroatoms. The van der Waals surface area contributed by atoms with Crippen LogP contribution in [0.5, 0.6) is 5.75 Å². The van der Waals surface area contributed by atoms with Crippen LogP contribution in [0.2, 0.25) is 0 Å². The number of carbonyl (C=O) groups excluding carboxylic acids is 1. The van der Waals surface area contributed by atoms with Crippen molar-refractivity contribution in [3.63, 3.8) is 0 Å². The molecule has 0 bridgehead atoms. The molecule has 0 aliphatic heterocycles. The number of esters is 1. The molecular formula is C21H30N2O3. The maximum Gasteiger partial charge on any atom is 0.320 e. The van der Waals surface area contributed by atoms with Crippen LogP contribution in [-0.4, -0.2) is 24.6 Å². The Morgan fingerprint density at radius 3 is 2.42 bits per heavy atom. The van der Waals surface area contributed by atoms with E-state index in [9.17, 15) is 4.79 Å². The summed E-state index contributed by atoms with van der Waals surface area (Å²) in [5, 5.41) is 3.06. The van der Waals surface area contributed by atoms with Crippen molar-refractivity contribution in [2.24, 2.45) is 0 Å². The average Bonchev–Trinajstić information content (AvgIpc) is 2.64. The van der Waals surface area contributed by atoms with Crippen molar-refractivity contribution >= 4 is 5.97 Å². The quantitative estimate of drug-likeness (QED) is 0.759. The van der Waals surface area contributed by atoms with Gasteiger partial charge in [-0.25, -0.2) is 0 Å². The van der Waals surface area contributed by atoms with Gasteiger partial charge in [0.15, 0.2) is 0 Å². The number of aromatic nitrogens is 1. The Labute approximate surface area is 156 Å². The van der Waals surface area contributed by atoms with Gasteiger partial charge in [0.05, 0.1) is 19.3 Å². The molecular weight excluding hydrogens is 328 g/mol. The molecule has 1 aromatic carbocycles. The second kappa shape index (κ2) is 12.0. The maximum atomic E-state index is 11.7. The van der Waals surface area contributed by atoms with Crippen molar-refractivity contribution in [1.82, 2.24) is 10.3 Å². The van der Waals surface area contributed by atoms with Crippen molar-refractivity contribution < 1.29 is 14.3 Å². The lowest BCUT2D eigenvalue weighted by atomic mass is 10.1. The van der Waals surface area contributed by atoms with Crippen LogP contribution in [0.4, 0.5) is 0 Å². The van der Waals surface area contributed by atoms with E-state index >= 15 is 0 Å². The highest BCUT2D eigenvalue weighted by Gasteiger charge is 2.10. The van der Waals surface area contributed by atoms with Gasteiger partial charge in [0.1, 0.15) is 12.4 Å². The van der Waals surface area contributed by atoms with Crippen LogP contribution in [0.3, 0.4) is 0 Å². The number of benzene rings is 1. The van der Waals surface area contributed by atoms with Crippen LogP contribution < -0.4 is 10.1 Å². The van der Waals surface area contributed by atoms with E-state index in [0.29, 0.717) is 6.54 Å². The Morgan fingerprint density at radius 2 is 1.81 bits per heavy atom. The summed E-state index contributed by atoms with van der Waals surface area (Å²) in [6, 6.07) is 9.61. The Hall–Kier alpha value is -2.40. The van der Waals surface area contributed by atoms with Crippen LogP contribution in [0.15, 0.2) is 36.5 Å². The first-order chi connectivity index (χ1) is 12.5. The summed E-state index contributed by atoms with van der Waals surface area (Å²) >= 11 is 0. The van der Waals surface area contributed by atoms with Crippen LogP contribution in [0, 0.1) is 13.8 Å². The smallest absolute Gasteiger partial charge is 0.320 e. The Kier molecular flexibility index (Phi) is 10.0. The standard InChI is InChI=1S/C18H22N2O3.C3H8/c1-13-9-20-16(14(2)18(13)22-3)10-19-11-17(21)23-12-15-7-5-4-6-8-15;1-3-2/h4-9,19H,10-12H2,1-3H3;3H2,1-2H3. The minimum Gasteiger partial charge on any atom is -0.496 e. The number of carbonyl (C=O) groups is 1. The van der Waals surface area contributed by atoms with Gasteiger partial charge in [-0.1, -0.05) is 50.6 Å². The lowest BCUT2D eigenvalue weighted by Crippen LogP contribution is -2.25. The average molecular weight is 358 g/mol. The fourth-order valence-electron chi connectivity index (χ4n) is 2.32. The highest BCUT2D eigenvalue weighted by Crippen LogP contribution is 2.23. The van der Waals surface area contributed by atoms with Crippen LogP contribution in [-0.2, 0) is 22.7 Å². The van der Waals surface area contributed by atoms with E-state index in [2.05, 4.69) is 24.1 Å². The molecule has 26 heavy (non-hydrogen) atoms. The largest absolute Gasteiger partial charge is 0.496 e. The molecule has 1 N–H and O–H groups in total. The molecule has 0 atom stereocenters. The first kappa shape index (κ1) is 21.6. The molecule has 0 fully saturated rings. The molecule has 0 unspecified atom stereocenters. The minimum atomic E-state index is -0.286. The molecule has 0 radical (unpaired) electrons. The van der Waals surface area contributed by atoms with E-state index in [4.69, 9.17) is 9.47 Å². The second-order valence-corrected chi connectivity index (χ2v) is 6.00. The lowest BCUT2D eigenvalue weighted by Gasteiger charge is -2.12. The molecule has 142 valence electrons. The molecule has 5 nitrogen and oxygen atoms in total. The lowest BCUT2D eigenvalue weighted by molar-refractivity contribution is -0.143. The van der Waals surface area contributed by atoms with Gasteiger partial charge >= 0.3 is 5.97 Å². The van der Waals surface area contributed by atoms with E-state index in [-0.39, 0.29) is 19.1 Å². The second-order valence-electron chi connectivity index (χ2n) is 6.00. The molecule has 2 aromatic rings. The molecule has 1 aromatic heterocycles. The van der Waals surface area contributed by atoms with Gasteiger partial charge in [0, 0.05) is 23.9 Å². The van der Waals surface area contributed by atoms with Gasteiger partial charge in [0.2, 0.25) is 0 Å². The predicted octanol–water partition coefficient (Wildman–Crippen LogP) is 3.96. The number of pyridine rings is 1. The molecule has 0 aliphatic carbocycles. The minimum absolute atomic E-state index is 0.143. The highest BCUT2D eigenvalue weighted by atomic mass is 16.5. The fourth-order valence-corrected chi connectivity index (χ4v) is 2.32. The maximum absolute atomic E-state index is 11.7. The third-order valence-corrected chi connectivity index (χ3v) is 3.55. The fraction of sp³-hybridized carbons (Fsp3) is 0.429. The third-order valence-electron chi connectivity index (χ3n) is 3.55. The number of hydrogen-bond donors (Lipinski definition) is 1. The molecule has 0 aliphatic rings. The van der Waals surface area contributed by atoms with Crippen molar-refractivity contribution in [3.8, 4) is 5.75 Å². The first-order valence-electron chi connectivity index (χ1n) is 8.92. The summed E-state index contributed by atoms with van der Waals surface area (Å²) in [4.78, 5) is 16.1.